The van der Waals surface area contributed by atoms with Crippen molar-refractivity contribution in [2.24, 2.45) is 10.7 Å². The molecule has 1 aliphatic rings. The molecule has 1 atom stereocenters. The summed E-state index contributed by atoms with van der Waals surface area (Å²) in [5.74, 6) is 0.466. The summed E-state index contributed by atoms with van der Waals surface area (Å²) in [5, 5.41) is 3.49. The summed E-state index contributed by atoms with van der Waals surface area (Å²) in [7, 11) is 0. The maximum atomic E-state index is 6.01. The quantitative estimate of drug-likeness (QED) is 0.812. The van der Waals surface area contributed by atoms with Gasteiger partial charge in [0.25, 0.3) is 0 Å². The maximum absolute atomic E-state index is 6.01. The molecule has 3 N–H and O–H groups in total. The molecule has 0 saturated carbocycles. The standard InChI is InChI=1S/C21H25N3/c1-2-8-17(16-9-4-3-5-10-16)13-20-21(14-22)24-19-12-7-6-11-18(19)15-23-20/h3-7,9-12,15,17,24H,2,8,13-14,22H2,1H3. The number of allylic oxidation sites excluding steroid dienone is 1. The first kappa shape index (κ1) is 16.5. The first-order chi connectivity index (χ1) is 11.8. The zero-order chi connectivity index (χ0) is 16.8. The molecule has 0 saturated heterocycles. The molecular weight excluding hydrogens is 294 g/mol. The van der Waals surface area contributed by atoms with Crippen molar-refractivity contribution < 1.29 is 0 Å². The van der Waals surface area contributed by atoms with Gasteiger partial charge in [-0.15, -0.1) is 0 Å². The van der Waals surface area contributed by atoms with Crippen LogP contribution in [0.5, 0.6) is 0 Å². The summed E-state index contributed by atoms with van der Waals surface area (Å²) in [6.07, 6.45) is 5.16. The Morgan fingerprint density at radius 2 is 1.79 bits per heavy atom. The van der Waals surface area contributed by atoms with E-state index in [4.69, 9.17) is 10.7 Å². The fraction of sp³-hybridized carbons (Fsp3) is 0.286. The maximum Gasteiger partial charge on any atom is 0.0615 e. The Bertz CT molecular complexity index is 732. The molecule has 1 heterocycles. The van der Waals surface area contributed by atoms with Crippen LogP contribution in [0.3, 0.4) is 0 Å². The Hall–Kier alpha value is -2.39. The Balaban J connectivity index is 1.90. The van der Waals surface area contributed by atoms with Crippen LogP contribution in [0.4, 0.5) is 5.69 Å². The van der Waals surface area contributed by atoms with Crippen LogP contribution in [0, 0.1) is 0 Å². The minimum atomic E-state index is 0.466. The Morgan fingerprint density at radius 1 is 1.04 bits per heavy atom. The van der Waals surface area contributed by atoms with E-state index in [1.165, 1.54) is 5.56 Å². The molecule has 0 aromatic heterocycles. The number of aliphatic imine (C=N–C) groups is 1. The number of nitrogens with one attached hydrogen (secondary N) is 1. The van der Waals surface area contributed by atoms with Gasteiger partial charge in [0.15, 0.2) is 0 Å². The molecule has 0 spiro atoms. The van der Waals surface area contributed by atoms with Crippen LogP contribution in [-0.2, 0) is 0 Å². The van der Waals surface area contributed by atoms with Gasteiger partial charge in [-0.05, 0) is 30.4 Å². The smallest absolute Gasteiger partial charge is 0.0615 e. The second-order valence-corrected chi connectivity index (χ2v) is 6.20. The first-order valence-corrected chi connectivity index (χ1v) is 8.69. The van der Waals surface area contributed by atoms with Crippen molar-refractivity contribution >= 4 is 11.9 Å². The first-order valence-electron chi connectivity index (χ1n) is 8.69. The van der Waals surface area contributed by atoms with Gasteiger partial charge >= 0.3 is 0 Å². The van der Waals surface area contributed by atoms with Gasteiger partial charge in [-0.1, -0.05) is 61.9 Å². The average Bonchev–Trinajstić information content (AvgIpc) is 2.81. The monoisotopic (exact) mass is 319 g/mol. The lowest BCUT2D eigenvalue weighted by Crippen LogP contribution is -2.14. The topological polar surface area (TPSA) is 50.4 Å². The molecule has 124 valence electrons. The fourth-order valence-corrected chi connectivity index (χ4v) is 3.22. The van der Waals surface area contributed by atoms with Gasteiger partial charge in [-0.2, -0.15) is 0 Å². The Morgan fingerprint density at radius 3 is 2.54 bits per heavy atom. The van der Waals surface area contributed by atoms with E-state index in [9.17, 15) is 0 Å². The molecular formula is C21H25N3. The molecule has 0 fully saturated rings. The highest BCUT2D eigenvalue weighted by Gasteiger charge is 2.17. The Kier molecular flexibility index (Phi) is 5.44. The van der Waals surface area contributed by atoms with Crippen molar-refractivity contribution in [1.29, 1.82) is 0 Å². The van der Waals surface area contributed by atoms with Crippen LogP contribution in [0.2, 0.25) is 0 Å². The van der Waals surface area contributed by atoms with Crippen LogP contribution in [0.25, 0.3) is 0 Å². The predicted octanol–water partition coefficient (Wildman–Crippen LogP) is 4.68. The van der Waals surface area contributed by atoms with Crippen LogP contribution in [-0.4, -0.2) is 12.8 Å². The zero-order valence-corrected chi connectivity index (χ0v) is 14.2. The van der Waals surface area contributed by atoms with E-state index in [1.807, 2.05) is 18.3 Å². The van der Waals surface area contributed by atoms with E-state index in [-0.39, 0.29) is 0 Å². The summed E-state index contributed by atoms with van der Waals surface area (Å²) < 4.78 is 0. The normalized spacial score (nSPS) is 14.8. The molecule has 3 nitrogen and oxygen atoms in total. The summed E-state index contributed by atoms with van der Waals surface area (Å²) in [6, 6.07) is 18.9. The third-order valence-electron chi connectivity index (χ3n) is 4.51. The largest absolute Gasteiger partial charge is 0.356 e. The number of anilines is 1. The van der Waals surface area contributed by atoms with Crippen LogP contribution >= 0.6 is 0 Å². The predicted molar refractivity (Wildman–Crippen MR) is 102 cm³/mol. The number of hydrogen-bond acceptors (Lipinski definition) is 3. The number of nitrogens with two attached hydrogens (primary N) is 1. The van der Waals surface area contributed by atoms with E-state index in [0.29, 0.717) is 12.5 Å². The van der Waals surface area contributed by atoms with Crippen molar-refractivity contribution in [2.45, 2.75) is 32.1 Å². The van der Waals surface area contributed by atoms with Crippen molar-refractivity contribution in [2.75, 3.05) is 11.9 Å². The zero-order valence-electron chi connectivity index (χ0n) is 14.2. The van der Waals surface area contributed by atoms with Crippen LogP contribution < -0.4 is 11.1 Å². The van der Waals surface area contributed by atoms with Crippen LogP contribution in [0.15, 0.2) is 71.0 Å². The molecule has 1 aliphatic heterocycles. The number of nitrogens with zero attached hydrogens (tertiary/aromatic N) is 1. The lowest BCUT2D eigenvalue weighted by atomic mass is 9.90. The lowest BCUT2D eigenvalue weighted by molar-refractivity contribution is 0.602. The second kappa shape index (κ2) is 7.93. The molecule has 1 unspecified atom stereocenters. The van der Waals surface area contributed by atoms with E-state index in [2.05, 4.69) is 54.7 Å². The van der Waals surface area contributed by atoms with E-state index in [0.717, 1.165) is 41.9 Å². The van der Waals surface area contributed by atoms with E-state index >= 15 is 0 Å². The summed E-state index contributed by atoms with van der Waals surface area (Å²) in [5.41, 5.74) is 11.7. The van der Waals surface area contributed by atoms with Gasteiger partial charge in [-0.3, -0.25) is 4.99 Å². The van der Waals surface area contributed by atoms with E-state index < -0.39 is 0 Å². The highest BCUT2D eigenvalue weighted by molar-refractivity contribution is 5.89. The fourth-order valence-electron chi connectivity index (χ4n) is 3.22. The van der Waals surface area contributed by atoms with Gasteiger partial charge < -0.3 is 11.1 Å². The molecule has 3 rings (SSSR count). The summed E-state index contributed by atoms with van der Waals surface area (Å²) >= 11 is 0. The molecule has 24 heavy (non-hydrogen) atoms. The second-order valence-electron chi connectivity index (χ2n) is 6.20. The number of rotatable bonds is 6. The number of para-hydroxylation sites is 1. The SMILES string of the molecule is CCCC(CC1=C(CN)Nc2ccccc2C=N1)c1ccccc1. The van der Waals surface area contributed by atoms with Gasteiger partial charge in [-0.25, -0.2) is 0 Å². The van der Waals surface area contributed by atoms with E-state index in [1.54, 1.807) is 0 Å². The minimum Gasteiger partial charge on any atom is -0.356 e. The molecule has 0 aliphatic carbocycles. The van der Waals surface area contributed by atoms with Gasteiger partial charge in [0.05, 0.1) is 11.4 Å². The number of fused-ring (bicyclic) bond motifs is 1. The molecule has 0 radical (unpaired) electrons. The van der Waals surface area contributed by atoms with Crippen molar-refractivity contribution in [3.8, 4) is 0 Å². The number of hydrogen-bond donors (Lipinski definition) is 2. The van der Waals surface area contributed by atoms with Crippen molar-refractivity contribution in [3.05, 3.63) is 77.1 Å². The minimum absolute atomic E-state index is 0.466. The molecule has 2 aromatic rings. The summed E-state index contributed by atoms with van der Waals surface area (Å²) in [6.45, 7) is 2.70. The highest BCUT2D eigenvalue weighted by atomic mass is 15.0. The summed E-state index contributed by atoms with van der Waals surface area (Å²) in [4.78, 5) is 4.78. The van der Waals surface area contributed by atoms with Gasteiger partial charge in [0.1, 0.15) is 0 Å². The van der Waals surface area contributed by atoms with Crippen molar-refractivity contribution in [3.63, 3.8) is 0 Å². The molecule has 0 amide bonds. The molecule has 2 aromatic carbocycles. The lowest BCUT2D eigenvalue weighted by Gasteiger charge is -2.19. The van der Waals surface area contributed by atoms with Gasteiger partial charge in [0, 0.05) is 24.0 Å². The van der Waals surface area contributed by atoms with Crippen molar-refractivity contribution in [1.82, 2.24) is 0 Å². The molecule has 0 bridgehead atoms. The third kappa shape index (κ3) is 3.74. The van der Waals surface area contributed by atoms with Gasteiger partial charge in [0.2, 0.25) is 0 Å². The highest BCUT2D eigenvalue weighted by Crippen LogP contribution is 2.31. The Labute approximate surface area is 144 Å². The average molecular weight is 319 g/mol. The number of benzene rings is 2. The molecule has 3 heteroatoms. The van der Waals surface area contributed by atoms with Crippen LogP contribution in [0.1, 0.15) is 43.2 Å². The third-order valence-corrected chi connectivity index (χ3v) is 4.51.